The highest BCUT2D eigenvalue weighted by Gasteiger charge is 2.63. The molecule has 2 aliphatic carbocycles. The van der Waals surface area contributed by atoms with Crippen LogP contribution in [0.3, 0.4) is 0 Å². The van der Waals surface area contributed by atoms with Crippen LogP contribution in [0.25, 0.3) is 11.3 Å². The number of nitrogen functional groups attached to an aromatic ring is 1. The van der Waals surface area contributed by atoms with Gasteiger partial charge in [-0.1, -0.05) is 0 Å². The molecule has 2 aliphatic rings. The van der Waals surface area contributed by atoms with Crippen molar-refractivity contribution in [2.75, 3.05) is 19.5 Å². The number of nitrogens with zero attached hydrogens (tertiary/aromatic N) is 3. The zero-order chi connectivity index (χ0) is 21.1. The van der Waals surface area contributed by atoms with E-state index in [2.05, 4.69) is 10.1 Å². The first-order valence-electron chi connectivity index (χ1n) is 9.64. The molecule has 0 saturated heterocycles. The second-order valence-electron chi connectivity index (χ2n) is 8.49. The Morgan fingerprint density at radius 1 is 1.28 bits per heavy atom. The minimum Gasteiger partial charge on any atom is -0.383 e. The van der Waals surface area contributed by atoms with E-state index in [1.54, 1.807) is 0 Å². The van der Waals surface area contributed by atoms with Gasteiger partial charge in [0.15, 0.2) is 0 Å². The van der Waals surface area contributed by atoms with Crippen molar-refractivity contribution in [1.82, 2.24) is 14.8 Å². The average Bonchev–Trinajstić information content (AvgIpc) is 2.96. The SMILES string of the molecule is COCC1(F)C[C@@H]2[C@H](C1)[C@H]2c1cc(-c2cnc(N)c(C(F)(F)F)c2)nn1C(C)C. The smallest absolute Gasteiger partial charge is 0.383 e. The Labute approximate surface area is 166 Å². The van der Waals surface area contributed by atoms with Gasteiger partial charge in [0.1, 0.15) is 11.5 Å². The van der Waals surface area contributed by atoms with Crippen LogP contribution >= 0.6 is 0 Å². The van der Waals surface area contributed by atoms with Gasteiger partial charge in [-0.25, -0.2) is 9.37 Å². The van der Waals surface area contributed by atoms with E-state index in [9.17, 15) is 17.6 Å². The summed E-state index contributed by atoms with van der Waals surface area (Å²) in [5.74, 6) is 0.0436. The number of alkyl halides is 4. The van der Waals surface area contributed by atoms with Gasteiger partial charge in [0, 0.05) is 36.5 Å². The van der Waals surface area contributed by atoms with Gasteiger partial charge in [-0.2, -0.15) is 18.3 Å². The Kier molecular flexibility index (Phi) is 4.64. The van der Waals surface area contributed by atoms with Crippen LogP contribution in [0.15, 0.2) is 18.3 Å². The lowest BCUT2D eigenvalue weighted by Crippen LogP contribution is -2.27. The normalized spacial score (nSPS) is 28.8. The summed E-state index contributed by atoms with van der Waals surface area (Å²) in [6.45, 7) is 4.02. The largest absolute Gasteiger partial charge is 0.419 e. The van der Waals surface area contributed by atoms with Crippen LogP contribution in [0.1, 0.15) is 49.9 Å². The maximum atomic E-state index is 14.7. The van der Waals surface area contributed by atoms with Gasteiger partial charge in [0.25, 0.3) is 0 Å². The predicted molar refractivity (Wildman–Crippen MR) is 99.9 cm³/mol. The summed E-state index contributed by atoms with van der Waals surface area (Å²) in [7, 11) is 1.50. The Balaban J connectivity index is 1.65. The van der Waals surface area contributed by atoms with Crippen LogP contribution < -0.4 is 5.73 Å². The van der Waals surface area contributed by atoms with Crippen molar-refractivity contribution in [2.24, 2.45) is 11.8 Å². The molecule has 1 unspecified atom stereocenters. The van der Waals surface area contributed by atoms with E-state index >= 15 is 0 Å². The van der Waals surface area contributed by atoms with Crippen molar-refractivity contribution in [3.05, 3.63) is 29.6 Å². The van der Waals surface area contributed by atoms with E-state index in [0.717, 1.165) is 11.8 Å². The summed E-state index contributed by atoms with van der Waals surface area (Å²) < 4.78 is 61.2. The highest BCUT2D eigenvalue weighted by atomic mass is 19.4. The maximum Gasteiger partial charge on any atom is 0.419 e. The number of fused-ring (bicyclic) bond motifs is 1. The van der Waals surface area contributed by atoms with Crippen LogP contribution in [0.4, 0.5) is 23.4 Å². The lowest BCUT2D eigenvalue weighted by Gasteiger charge is -2.22. The molecule has 2 fully saturated rings. The molecule has 9 heteroatoms. The Hall–Kier alpha value is -2.16. The number of rotatable bonds is 5. The second-order valence-corrected chi connectivity index (χ2v) is 8.49. The lowest BCUT2D eigenvalue weighted by atomic mass is 9.96. The quantitative estimate of drug-likeness (QED) is 0.729. The number of anilines is 1. The van der Waals surface area contributed by atoms with Gasteiger partial charge in [-0.3, -0.25) is 4.68 Å². The van der Waals surface area contributed by atoms with Crippen molar-refractivity contribution in [1.29, 1.82) is 0 Å². The zero-order valence-electron chi connectivity index (χ0n) is 16.5. The van der Waals surface area contributed by atoms with Gasteiger partial charge in [-0.05, 0) is 50.7 Å². The third kappa shape index (κ3) is 3.49. The number of hydrogen-bond acceptors (Lipinski definition) is 4. The number of pyridine rings is 1. The number of nitrogens with two attached hydrogens (primary N) is 1. The molecule has 2 aromatic rings. The molecule has 5 nitrogen and oxygen atoms in total. The first-order valence-corrected chi connectivity index (χ1v) is 9.64. The molecule has 2 aromatic heterocycles. The molecule has 2 N–H and O–H groups in total. The van der Waals surface area contributed by atoms with Gasteiger partial charge >= 0.3 is 6.18 Å². The Morgan fingerprint density at radius 3 is 2.48 bits per heavy atom. The summed E-state index contributed by atoms with van der Waals surface area (Å²) in [5, 5.41) is 4.54. The van der Waals surface area contributed by atoms with Crippen molar-refractivity contribution in [3.63, 3.8) is 0 Å². The van der Waals surface area contributed by atoms with E-state index < -0.39 is 23.2 Å². The predicted octanol–water partition coefficient (Wildman–Crippen LogP) is 4.61. The van der Waals surface area contributed by atoms with Gasteiger partial charge < -0.3 is 10.5 Å². The van der Waals surface area contributed by atoms with Crippen molar-refractivity contribution in [3.8, 4) is 11.3 Å². The third-order valence-electron chi connectivity index (χ3n) is 6.05. The first kappa shape index (κ1) is 20.1. The van der Waals surface area contributed by atoms with Crippen molar-refractivity contribution < 1.29 is 22.3 Å². The molecule has 0 amide bonds. The van der Waals surface area contributed by atoms with Crippen molar-refractivity contribution in [2.45, 2.75) is 50.5 Å². The van der Waals surface area contributed by atoms with Crippen LogP contribution in [-0.2, 0) is 10.9 Å². The van der Waals surface area contributed by atoms with Crippen LogP contribution in [-0.4, -0.2) is 34.1 Å². The maximum absolute atomic E-state index is 14.7. The van der Waals surface area contributed by atoms with Crippen molar-refractivity contribution >= 4 is 5.82 Å². The fourth-order valence-corrected chi connectivity index (χ4v) is 4.80. The van der Waals surface area contributed by atoms with E-state index in [1.165, 1.54) is 13.3 Å². The Morgan fingerprint density at radius 2 is 1.93 bits per heavy atom. The topological polar surface area (TPSA) is 66.0 Å². The molecule has 2 saturated carbocycles. The number of halogens is 4. The number of aromatic nitrogens is 3. The molecule has 4 atom stereocenters. The summed E-state index contributed by atoms with van der Waals surface area (Å²) in [6, 6.07) is 2.82. The molecular weight excluding hydrogens is 388 g/mol. The fraction of sp³-hybridized carbons (Fsp3) is 0.600. The highest BCUT2D eigenvalue weighted by Crippen LogP contribution is 2.67. The lowest BCUT2D eigenvalue weighted by molar-refractivity contribution is -0.137. The first-order chi connectivity index (χ1) is 13.5. The molecule has 0 aliphatic heterocycles. The fourth-order valence-electron chi connectivity index (χ4n) is 4.80. The van der Waals surface area contributed by atoms with Gasteiger partial charge in [0.05, 0.1) is 17.9 Å². The van der Waals surface area contributed by atoms with Crippen LogP contribution in [0.5, 0.6) is 0 Å². The molecule has 29 heavy (non-hydrogen) atoms. The number of hydrogen-bond donors (Lipinski definition) is 1. The standard InChI is InChI=1S/C20H24F4N4O/c1-10(2)28-16(17-12-6-19(21,9-29-3)7-13(12)17)5-15(27-28)11-4-14(20(22,23)24)18(25)26-8-11/h4-5,8,10,12-13,17H,6-7,9H2,1-3H3,(H2,25,26)/t12-,13+,17+,19?. The molecule has 0 radical (unpaired) electrons. The van der Waals surface area contributed by atoms with E-state index in [1.807, 2.05) is 24.6 Å². The minimum absolute atomic E-state index is 0.0259. The highest BCUT2D eigenvalue weighted by molar-refractivity contribution is 5.63. The van der Waals surface area contributed by atoms with E-state index in [0.29, 0.717) is 18.5 Å². The molecule has 0 aromatic carbocycles. The molecule has 4 rings (SSSR count). The monoisotopic (exact) mass is 412 g/mol. The second kappa shape index (κ2) is 6.68. The number of methoxy groups -OCH3 is 1. The van der Waals surface area contributed by atoms with E-state index in [-0.39, 0.29) is 36.0 Å². The summed E-state index contributed by atoms with van der Waals surface area (Å²) in [6.07, 6.45) is -2.40. The summed E-state index contributed by atoms with van der Waals surface area (Å²) in [5.41, 5.74) is 4.77. The molecule has 0 bridgehead atoms. The van der Waals surface area contributed by atoms with Gasteiger partial charge in [-0.15, -0.1) is 0 Å². The molecular formula is C20H24F4N4O. The Bertz CT molecular complexity index is 912. The van der Waals surface area contributed by atoms with Crippen LogP contribution in [0.2, 0.25) is 0 Å². The molecule has 158 valence electrons. The zero-order valence-corrected chi connectivity index (χ0v) is 16.5. The van der Waals surface area contributed by atoms with E-state index in [4.69, 9.17) is 10.5 Å². The summed E-state index contributed by atoms with van der Waals surface area (Å²) in [4.78, 5) is 3.71. The number of ether oxygens (including phenoxy) is 1. The molecule has 2 heterocycles. The third-order valence-corrected chi connectivity index (χ3v) is 6.05. The minimum atomic E-state index is -4.59. The average molecular weight is 412 g/mol. The molecule has 0 spiro atoms. The summed E-state index contributed by atoms with van der Waals surface area (Å²) >= 11 is 0. The van der Waals surface area contributed by atoms with Gasteiger partial charge in [0.2, 0.25) is 0 Å². The van der Waals surface area contributed by atoms with Crippen LogP contribution in [0, 0.1) is 11.8 Å².